The van der Waals surface area contributed by atoms with Crippen molar-refractivity contribution < 1.29 is 14.3 Å². The Bertz CT molecular complexity index is 503. The highest BCUT2D eigenvalue weighted by Crippen LogP contribution is 2.21. The van der Waals surface area contributed by atoms with Crippen molar-refractivity contribution in [3.05, 3.63) is 28.8 Å². The van der Waals surface area contributed by atoms with Crippen LogP contribution >= 0.6 is 24.0 Å². The van der Waals surface area contributed by atoms with Gasteiger partial charge in [-0.25, -0.2) is 0 Å². The van der Waals surface area contributed by atoms with Gasteiger partial charge in [-0.3, -0.25) is 9.69 Å². The zero-order valence-corrected chi connectivity index (χ0v) is 15.3. The van der Waals surface area contributed by atoms with E-state index in [1.165, 1.54) is 0 Å². The molecule has 1 fully saturated rings. The number of hydrogen-bond acceptors (Lipinski definition) is 4. The molecule has 6 heteroatoms. The van der Waals surface area contributed by atoms with Crippen molar-refractivity contribution in [2.75, 3.05) is 32.8 Å². The number of hydrogen-bond donors (Lipinski definition) is 0. The maximum absolute atomic E-state index is 11.7. The first kappa shape index (κ1) is 20.1. The fourth-order valence-corrected chi connectivity index (χ4v) is 2.77. The first-order chi connectivity index (χ1) is 10.6. The largest absolute Gasteiger partial charge is 0.492 e. The maximum Gasteiger partial charge on any atom is 0.309 e. The Morgan fingerprint density at radius 2 is 2.04 bits per heavy atom. The topological polar surface area (TPSA) is 38.8 Å². The first-order valence-corrected chi connectivity index (χ1v) is 8.26. The molecule has 1 aromatic carbocycles. The summed E-state index contributed by atoms with van der Waals surface area (Å²) in [6, 6.07) is 5.70. The molecule has 0 N–H and O–H groups in total. The van der Waals surface area contributed by atoms with Crippen molar-refractivity contribution in [2.24, 2.45) is 5.92 Å². The molecular formula is C17H25Cl2NO3. The highest BCUT2D eigenvalue weighted by molar-refractivity contribution is 6.31. The molecule has 0 unspecified atom stereocenters. The summed E-state index contributed by atoms with van der Waals surface area (Å²) in [4.78, 5) is 14.0. The van der Waals surface area contributed by atoms with Crippen LogP contribution in [0.3, 0.4) is 0 Å². The van der Waals surface area contributed by atoms with E-state index in [1.54, 1.807) is 0 Å². The van der Waals surface area contributed by atoms with Gasteiger partial charge in [-0.1, -0.05) is 11.6 Å². The fourth-order valence-electron chi connectivity index (χ4n) is 2.65. The number of nitrogens with zero attached hydrogens (tertiary/aromatic N) is 1. The minimum atomic E-state index is -0.0463. The second-order valence-corrected chi connectivity index (χ2v) is 6.03. The van der Waals surface area contributed by atoms with Crippen LogP contribution in [0.25, 0.3) is 0 Å². The van der Waals surface area contributed by atoms with Crippen LogP contribution < -0.4 is 4.74 Å². The van der Waals surface area contributed by atoms with Gasteiger partial charge in [-0.2, -0.15) is 0 Å². The lowest BCUT2D eigenvalue weighted by Crippen LogP contribution is -2.39. The Balaban J connectivity index is 0.00000264. The van der Waals surface area contributed by atoms with Gasteiger partial charge in [0.15, 0.2) is 0 Å². The van der Waals surface area contributed by atoms with E-state index in [-0.39, 0.29) is 24.3 Å². The molecule has 0 aromatic heterocycles. The predicted octanol–water partition coefficient (Wildman–Crippen LogP) is 3.72. The number of carbonyl (C=O) groups excluding carboxylic acids is 1. The molecule has 1 aliphatic rings. The van der Waals surface area contributed by atoms with Crippen molar-refractivity contribution in [3.63, 3.8) is 0 Å². The average molecular weight is 362 g/mol. The van der Waals surface area contributed by atoms with Gasteiger partial charge in [0.25, 0.3) is 0 Å². The second kappa shape index (κ2) is 10.0. The lowest BCUT2D eigenvalue weighted by Gasteiger charge is -2.30. The number of rotatable bonds is 6. The summed E-state index contributed by atoms with van der Waals surface area (Å²) in [5.74, 6) is 0.870. The van der Waals surface area contributed by atoms with E-state index in [9.17, 15) is 4.79 Å². The molecule has 1 aromatic rings. The van der Waals surface area contributed by atoms with E-state index in [0.29, 0.717) is 13.2 Å². The van der Waals surface area contributed by atoms with Crippen molar-refractivity contribution >= 4 is 30.0 Å². The molecule has 0 aliphatic carbocycles. The average Bonchev–Trinajstić information content (AvgIpc) is 2.52. The molecule has 1 saturated heterocycles. The number of ether oxygens (including phenoxy) is 2. The molecule has 0 bridgehead atoms. The van der Waals surface area contributed by atoms with Crippen LogP contribution in [0.1, 0.15) is 25.3 Å². The van der Waals surface area contributed by atoms with Crippen LogP contribution in [0.4, 0.5) is 0 Å². The van der Waals surface area contributed by atoms with Crippen LogP contribution in [0, 0.1) is 12.8 Å². The monoisotopic (exact) mass is 361 g/mol. The van der Waals surface area contributed by atoms with E-state index in [0.717, 1.165) is 48.8 Å². The highest BCUT2D eigenvalue weighted by atomic mass is 35.5. The standard InChI is InChI=1S/C17H24ClNO3.ClH/c1-3-21-17(20)14-6-8-19(9-7-14)10-11-22-15-4-5-16(18)13(2)12-15;/h4-5,12,14H,3,6-11H2,1-2H3;1H. The number of likely N-dealkylation sites (tertiary alicyclic amines) is 1. The fraction of sp³-hybridized carbons (Fsp3) is 0.588. The Morgan fingerprint density at radius 1 is 1.35 bits per heavy atom. The van der Waals surface area contributed by atoms with E-state index in [4.69, 9.17) is 21.1 Å². The molecule has 0 amide bonds. The third-order valence-electron chi connectivity index (χ3n) is 4.01. The van der Waals surface area contributed by atoms with Gasteiger partial charge in [-0.15, -0.1) is 12.4 Å². The number of piperidine rings is 1. The minimum Gasteiger partial charge on any atom is -0.492 e. The number of esters is 1. The molecule has 0 atom stereocenters. The Hall–Kier alpha value is -0.970. The SMILES string of the molecule is CCOC(=O)C1CCN(CCOc2ccc(Cl)c(C)c2)CC1.Cl. The van der Waals surface area contributed by atoms with Crippen molar-refractivity contribution in [1.29, 1.82) is 0 Å². The first-order valence-electron chi connectivity index (χ1n) is 7.88. The maximum atomic E-state index is 11.7. The van der Waals surface area contributed by atoms with Crippen LogP contribution in [0.2, 0.25) is 5.02 Å². The molecular weight excluding hydrogens is 337 g/mol. The lowest BCUT2D eigenvalue weighted by atomic mass is 9.97. The van der Waals surface area contributed by atoms with Gasteiger partial charge in [0.1, 0.15) is 12.4 Å². The van der Waals surface area contributed by atoms with Crippen molar-refractivity contribution in [3.8, 4) is 5.75 Å². The second-order valence-electron chi connectivity index (χ2n) is 5.63. The molecule has 130 valence electrons. The summed E-state index contributed by atoms with van der Waals surface area (Å²) in [6.45, 7) is 7.65. The number of benzene rings is 1. The lowest BCUT2D eigenvalue weighted by molar-refractivity contribution is -0.149. The normalized spacial score (nSPS) is 15.8. The van der Waals surface area contributed by atoms with E-state index in [2.05, 4.69) is 4.90 Å². The minimum absolute atomic E-state index is 0. The van der Waals surface area contributed by atoms with Gasteiger partial charge in [0.2, 0.25) is 0 Å². The summed E-state index contributed by atoms with van der Waals surface area (Å²) in [5, 5.41) is 0.758. The summed E-state index contributed by atoms with van der Waals surface area (Å²) in [5.41, 5.74) is 1.02. The Labute approximate surface area is 149 Å². The number of carbonyl (C=O) groups is 1. The molecule has 4 nitrogen and oxygen atoms in total. The molecule has 1 heterocycles. The van der Waals surface area contributed by atoms with Gasteiger partial charge in [0, 0.05) is 11.6 Å². The molecule has 0 saturated carbocycles. The Kier molecular flexibility index (Phi) is 8.74. The predicted molar refractivity (Wildman–Crippen MR) is 94.7 cm³/mol. The van der Waals surface area contributed by atoms with Gasteiger partial charge < -0.3 is 9.47 Å². The van der Waals surface area contributed by atoms with Crippen LogP contribution in [-0.2, 0) is 9.53 Å². The van der Waals surface area contributed by atoms with Gasteiger partial charge >= 0.3 is 5.97 Å². The van der Waals surface area contributed by atoms with Crippen LogP contribution in [0.5, 0.6) is 5.75 Å². The van der Waals surface area contributed by atoms with Crippen molar-refractivity contribution in [1.82, 2.24) is 4.90 Å². The highest BCUT2D eigenvalue weighted by Gasteiger charge is 2.25. The molecule has 2 rings (SSSR count). The number of halogens is 2. The van der Waals surface area contributed by atoms with Crippen LogP contribution in [0.15, 0.2) is 18.2 Å². The smallest absolute Gasteiger partial charge is 0.309 e. The Morgan fingerprint density at radius 3 is 2.65 bits per heavy atom. The number of aryl methyl sites for hydroxylation is 1. The summed E-state index contributed by atoms with van der Waals surface area (Å²) < 4.78 is 10.8. The summed E-state index contributed by atoms with van der Waals surface area (Å²) >= 11 is 6.00. The zero-order chi connectivity index (χ0) is 15.9. The molecule has 1 aliphatic heterocycles. The van der Waals surface area contributed by atoms with Gasteiger partial charge in [-0.05, 0) is 63.5 Å². The molecule has 23 heavy (non-hydrogen) atoms. The van der Waals surface area contributed by atoms with Gasteiger partial charge in [0.05, 0.1) is 12.5 Å². The van der Waals surface area contributed by atoms with E-state index < -0.39 is 0 Å². The van der Waals surface area contributed by atoms with Crippen molar-refractivity contribution in [2.45, 2.75) is 26.7 Å². The molecule has 0 spiro atoms. The zero-order valence-electron chi connectivity index (χ0n) is 13.7. The summed E-state index contributed by atoms with van der Waals surface area (Å²) in [6.07, 6.45) is 1.75. The van der Waals surface area contributed by atoms with E-state index in [1.807, 2.05) is 32.0 Å². The van der Waals surface area contributed by atoms with Crippen LogP contribution in [-0.4, -0.2) is 43.7 Å². The quantitative estimate of drug-likeness (QED) is 0.723. The van der Waals surface area contributed by atoms with E-state index >= 15 is 0 Å². The molecule has 0 radical (unpaired) electrons. The summed E-state index contributed by atoms with van der Waals surface area (Å²) in [7, 11) is 0. The third-order valence-corrected chi connectivity index (χ3v) is 4.44. The third kappa shape index (κ3) is 6.21.